The van der Waals surface area contributed by atoms with Crippen molar-refractivity contribution >= 4 is 50.8 Å². The number of nitrogens with zero attached hydrogens (tertiary/aromatic N) is 3. The number of nitrogens with two attached hydrogens (primary N) is 1. The first-order valence-electron chi connectivity index (χ1n) is 12.4. The van der Waals surface area contributed by atoms with Crippen molar-refractivity contribution in [1.29, 1.82) is 0 Å². The average Bonchev–Trinajstić information content (AvgIpc) is 3.57. The van der Waals surface area contributed by atoms with Gasteiger partial charge in [-0.2, -0.15) is 0 Å². The molecule has 0 aliphatic heterocycles. The monoisotopic (exact) mass is 490 g/mol. The smallest absolute Gasteiger partial charge is 0.323 e. The second-order valence-corrected chi connectivity index (χ2v) is 9.40. The average molecular weight is 491 g/mol. The molecule has 3 aromatic carbocycles. The van der Waals surface area contributed by atoms with Crippen LogP contribution >= 0.6 is 0 Å². The number of nitrogens with one attached hydrogen (secondary N) is 2. The maximum absolute atomic E-state index is 13.6. The minimum atomic E-state index is -0.393. The minimum Gasteiger partial charge on any atom is -0.383 e. The van der Waals surface area contributed by atoms with Gasteiger partial charge in [-0.15, -0.1) is 0 Å². The van der Waals surface area contributed by atoms with Gasteiger partial charge in [0.2, 0.25) is 0 Å². The first-order chi connectivity index (χ1) is 18.1. The first kappa shape index (κ1) is 22.7. The topological polar surface area (TPSA) is 115 Å². The molecule has 2 aromatic heterocycles. The molecule has 0 radical (unpaired) electrons. The Morgan fingerprint density at radius 1 is 0.865 bits per heavy atom. The summed E-state index contributed by atoms with van der Waals surface area (Å²) in [5.74, 6) is 0.0935. The van der Waals surface area contributed by atoms with Gasteiger partial charge in [-0.25, -0.2) is 14.8 Å². The van der Waals surface area contributed by atoms with Crippen LogP contribution in [0.15, 0.2) is 79.3 Å². The number of rotatable bonds is 5. The molecule has 0 unspecified atom stereocenters. The van der Waals surface area contributed by atoms with E-state index in [1.807, 2.05) is 48.7 Å². The molecule has 0 bridgehead atoms. The lowest BCUT2D eigenvalue weighted by molar-refractivity contribution is 0.104. The van der Waals surface area contributed by atoms with Gasteiger partial charge in [0.1, 0.15) is 17.8 Å². The normalized spacial score (nSPS) is 13.7. The lowest BCUT2D eigenvalue weighted by Gasteiger charge is -2.12. The third kappa shape index (κ3) is 4.38. The van der Waals surface area contributed by atoms with Crippen LogP contribution < -0.4 is 16.4 Å². The predicted molar refractivity (Wildman–Crippen MR) is 146 cm³/mol. The quantitative estimate of drug-likeness (QED) is 0.255. The van der Waals surface area contributed by atoms with Crippen molar-refractivity contribution in [2.45, 2.75) is 31.7 Å². The summed E-state index contributed by atoms with van der Waals surface area (Å²) < 4.78 is 2.08. The Hall–Kier alpha value is -4.72. The Bertz CT molecular complexity index is 1650. The van der Waals surface area contributed by atoms with Crippen molar-refractivity contribution in [2.24, 2.45) is 0 Å². The highest BCUT2D eigenvalue weighted by molar-refractivity contribution is 6.18. The Balaban J connectivity index is 1.25. The molecule has 1 aliphatic rings. The molecule has 8 heteroatoms. The maximum Gasteiger partial charge on any atom is 0.323 e. The van der Waals surface area contributed by atoms with Gasteiger partial charge < -0.3 is 20.9 Å². The lowest BCUT2D eigenvalue weighted by Crippen LogP contribution is -2.19. The van der Waals surface area contributed by atoms with E-state index >= 15 is 0 Å². The summed E-state index contributed by atoms with van der Waals surface area (Å²) in [6, 6.07) is 20.5. The second-order valence-electron chi connectivity index (χ2n) is 9.40. The highest BCUT2D eigenvalue weighted by Gasteiger charge is 2.25. The van der Waals surface area contributed by atoms with Gasteiger partial charge >= 0.3 is 6.03 Å². The molecule has 1 aliphatic carbocycles. The van der Waals surface area contributed by atoms with Crippen LogP contribution in [0.3, 0.4) is 0 Å². The van der Waals surface area contributed by atoms with Crippen LogP contribution in [0.25, 0.3) is 21.8 Å². The zero-order chi connectivity index (χ0) is 25.4. The number of aromatic nitrogens is 3. The molecule has 0 atom stereocenters. The van der Waals surface area contributed by atoms with Gasteiger partial charge in [-0.1, -0.05) is 55.3 Å². The molecule has 1 saturated carbocycles. The Morgan fingerprint density at radius 3 is 2.43 bits per heavy atom. The van der Waals surface area contributed by atoms with E-state index in [0.29, 0.717) is 39.6 Å². The fourth-order valence-electron chi connectivity index (χ4n) is 5.20. The summed E-state index contributed by atoms with van der Waals surface area (Å²) in [5, 5.41) is 8.39. The van der Waals surface area contributed by atoms with E-state index in [9.17, 15) is 9.59 Å². The Labute approximate surface area is 213 Å². The van der Waals surface area contributed by atoms with Crippen molar-refractivity contribution in [1.82, 2.24) is 14.5 Å². The summed E-state index contributed by atoms with van der Waals surface area (Å²) in [6.07, 6.45) is 7.71. The number of hydrogen-bond donors (Lipinski definition) is 3. The van der Waals surface area contributed by atoms with Crippen LogP contribution in [-0.4, -0.2) is 26.3 Å². The molecule has 0 spiro atoms. The van der Waals surface area contributed by atoms with Crippen LogP contribution in [0.2, 0.25) is 0 Å². The molecule has 1 fully saturated rings. The van der Waals surface area contributed by atoms with Crippen LogP contribution in [0, 0.1) is 0 Å². The zero-order valence-electron chi connectivity index (χ0n) is 20.1. The molecule has 184 valence electrons. The van der Waals surface area contributed by atoms with E-state index in [2.05, 4.69) is 25.2 Å². The van der Waals surface area contributed by atoms with E-state index < -0.39 is 6.03 Å². The standard InChI is InChI=1S/C29H26N6O2/c30-27-25-24(16-35(23-10-3-4-11-23)28(25)32-17-31-27)26(36)20-8-5-9-21(15-20)33-29(37)34-22-13-12-18-6-1-2-7-19(18)14-22/h1-2,5-9,12-17,23H,3-4,10-11H2,(H2,30,31,32)(H2,33,34,37). The third-order valence-corrected chi connectivity index (χ3v) is 6.99. The number of urea groups is 1. The van der Waals surface area contributed by atoms with Crippen molar-refractivity contribution in [3.63, 3.8) is 0 Å². The van der Waals surface area contributed by atoms with Crippen LogP contribution in [-0.2, 0) is 0 Å². The molecule has 2 heterocycles. The third-order valence-electron chi connectivity index (χ3n) is 6.99. The van der Waals surface area contributed by atoms with Crippen molar-refractivity contribution in [3.8, 4) is 0 Å². The Kier molecular flexibility index (Phi) is 5.76. The number of anilines is 3. The molecule has 2 amide bonds. The van der Waals surface area contributed by atoms with E-state index in [1.54, 1.807) is 24.3 Å². The molecule has 5 aromatic rings. The van der Waals surface area contributed by atoms with Gasteiger partial charge in [0, 0.05) is 29.2 Å². The first-order valence-corrected chi connectivity index (χ1v) is 12.4. The van der Waals surface area contributed by atoms with Crippen molar-refractivity contribution in [2.75, 3.05) is 16.4 Å². The number of hydrogen-bond acceptors (Lipinski definition) is 5. The number of fused-ring (bicyclic) bond motifs is 2. The summed E-state index contributed by atoms with van der Waals surface area (Å²) in [7, 11) is 0. The SMILES string of the molecule is Nc1ncnc2c1c(C(=O)c1cccc(NC(=O)Nc3ccc4ccccc4c3)c1)cn2C1CCCC1. The number of benzene rings is 3. The summed E-state index contributed by atoms with van der Waals surface area (Å²) >= 11 is 0. The molecular formula is C29H26N6O2. The molecular weight excluding hydrogens is 464 g/mol. The molecule has 8 nitrogen and oxygen atoms in total. The van der Waals surface area contributed by atoms with E-state index in [-0.39, 0.29) is 11.6 Å². The Morgan fingerprint density at radius 2 is 1.62 bits per heavy atom. The van der Waals surface area contributed by atoms with Gasteiger partial charge in [0.25, 0.3) is 0 Å². The van der Waals surface area contributed by atoms with Crippen LogP contribution in [0.1, 0.15) is 47.6 Å². The van der Waals surface area contributed by atoms with Gasteiger partial charge in [-0.05, 0) is 47.9 Å². The molecule has 4 N–H and O–H groups in total. The second kappa shape index (κ2) is 9.39. The van der Waals surface area contributed by atoms with Crippen LogP contribution in [0.4, 0.5) is 22.0 Å². The number of amides is 2. The van der Waals surface area contributed by atoms with Gasteiger partial charge in [0.05, 0.1) is 10.9 Å². The predicted octanol–water partition coefficient (Wildman–Crippen LogP) is 6.16. The van der Waals surface area contributed by atoms with Gasteiger partial charge in [-0.3, -0.25) is 4.79 Å². The highest BCUT2D eigenvalue weighted by atomic mass is 16.2. The van der Waals surface area contributed by atoms with E-state index in [4.69, 9.17) is 5.73 Å². The maximum atomic E-state index is 13.6. The number of carbonyl (C=O) groups excluding carboxylic acids is 2. The zero-order valence-corrected chi connectivity index (χ0v) is 20.1. The number of ketones is 1. The summed E-state index contributed by atoms with van der Waals surface area (Å²) in [5.41, 5.74) is 8.99. The van der Waals surface area contributed by atoms with Crippen LogP contribution in [0.5, 0.6) is 0 Å². The van der Waals surface area contributed by atoms with Crippen molar-refractivity contribution < 1.29 is 9.59 Å². The fourth-order valence-corrected chi connectivity index (χ4v) is 5.20. The summed E-state index contributed by atoms with van der Waals surface area (Å²) in [4.78, 5) is 34.9. The molecule has 6 rings (SSSR count). The van der Waals surface area contributed by atoms with E-state index in [1.165, 1.54) is 6.33 Å². The molecule has 37 heavy (non-hydrogen) atoms. The largest absolute Gasteiger partial charge is 0.383 e. The summed E-state index contributed by atoms with van der Waals surface area (Å²) in [6.45, 7) is 0. The van der Waals surface area contributed by atoms with Gasteiger partial charge in [0.15, 0.2) is 5.78 Å². The minimum absolute atomic E-state index is 0.193. The lowest BCUT2D eigenvalue weighted by atomic mass is 10.0. The number of carbonyl (C=O) groups is 2. The number of nitrogen functional groups attached to an aromatic ring is 1. The fraction of sp³-hybridized carbons (Fsp3) is 0.172. The van der Waals surface area contributed by atoms with Crippen molar-refractivity contribution in [3.05, 3.63) is 90.4 Å². The van der Waals surface area contributed by atoms with E-state index in [0.717, 1.165) is 36.5 Å². The highest BCUT2D eigenvalue weighted by Crippen LogP contribution is 2.35. The molecule has 0 saturated heterocycles.